The van der Waals surface area contributed by atoms with Crippen molar-refractivity contribution in [2.75, 3.05) is 6.54 Å². The molecule has 6 heteroatoms. The summed E-state index contributed by atoms with van der Waals surface area (Å²) in [7, 11) is 0. The zero-order valence-corrected chi connectivity index (χ0v) is 11.6. The molecule has 0 saturated heterocycles. The Morgan fingerprint density at radius 1 is 1.38 bits per heavy atom. The van der Waals surface area contributed by atoms with Gasteiger partial charge in [0.15, 0.2) is 0 Å². The first kappa shape index (κ1) is 13.8. The molecule has 1 saturated carbocycles. The van der Waals surface area contributed by atoms with E-state index in [1.165, 1.54) is 0 Å². The highest BCUT2D eigenvalue weighted by atomic mass is 16.3. The van der Waals surface area contributed by atoms with Crippen LogP contribution in [0.25, 0.3) is 5.69 Å². The summed E-state index contributed by atoms with van der Waals surface area (Å²) in [6.45, 7) is 0.506. The molecule has 1 amide bonds. The molecule has 0 spiro atoms. The fraction of sp³-hybridized carbons (Fsp3) is 0.400. The average Bonchev–Trinajstić information content (AvgIpc) is 3.16. The quantitative estimate of drug-likeness (QED) is 0.884. The number of hydrogen-bond donors (Lipinski definition) is 2. The summed E-state index contributed by atoms with van der Waals surface area (Å²) in [6.07, 6.45) is 5.80. The topological polar surface area (TPSA) is 80.0 Å². The van der Waals surface area contributed by atoms with Gasteiger partial charge < -0.3 is 10.4 Å². The van der Waals surface area contributed by atoms with E-state index >= 15 is 0 Å². The van der Waals surface area contributed by atoms with E-state index in [0.717, 1.165) is 19.3 Å². The largest absolute Gasteiger partial charge is 0.393 e. The number of para-hydroxylation sites is 1. The molecule has 0 radical (unpaired) electrons. The number of carbonyl (C=O) groups excluding carboxylic acids is 1. The molecule has 0 aliphatic heterocycles. The van der Waals surface area contributed by atoms with Crippen LogP contribution in [0.5, 0.6) is 0 Å². The number of benzene rings is 1. The van der Waals surface area contributed by atoms with Gasteiger partial charge in [0.25, 0.3) is 5.91 Å². The number of aromatic nitrogens is 3. The van der Waals surface area contributed by atoms with Gasteiger partial charge in [-0.15, -0.1) is 5.10 Å². The highest BCUT2D eigenvalue weighted by Crippen LogP contribution is 2.24. The lowest BCUT2D eigenvalue weighted by Crippen LogP contribution is -2.33. The maximum absolute atomic E-state index is 12.4. The minimum Gasteiger partial charge on any atom is -0.393 e. The van der Waals surface area contributed by atoms with Gasteiger partial charge in [-0.05, 0) is 25.0 Å². The first-order chi connectivity index (χ1) is 10.3. The maximum Gasteiger partial charge on any atom is 0.253 e. The van der Waals surface area contributed by atoms with E-state index in [1.54, 1.807) is 23.1 Å². The van der Waals surface area contributed by atoms with Crippen LogP contribution in [-0.4, -0.2) is 38.7 Å². The second-order valence-corrected chi connectivity index (χ2v) is 5.33. The van der Waals surface area contributed by atoms with E-state index in [9.17, 15) is 9.90 Å². The molecule has 1 aliphatic carbocycles. The predicted octanol–water partition coefficient (Wildman–Crippen LogP) is 1.16. The zero-order chi connectivity index (χ0) is 14.7. The van der Waals surface area contributed by atoms with Gasteiger partial charge in [0, 0.05) is 12.5 Å². The number of nitrogens with zero attached hydrogens (tertiary/aromatic N) is 3. The molecular formula is C15H18N4O2. The minimum absolute atomic E-state index is 0.153. The third-order valence-electron chi connectivity index (χ3n) is 3.96. The van der Waals surface area contributed by atoms with Crippen LogP contribution in [0.4, 0.5) is 0 Å². The summed E-state index contributed by atoms with van der Waals surface area (Å²) in [5.74, 6) is 0.00711. The standard InChI is InChI=1S/C15H18N4O2/c20-14-7-3-4-11(14)10-16-15(21)12-5-1-2-6-13(12)19-9-8-17-18-19/h1-2,5-6,8-9,11,14,20H,3-4,7,10H2,(H,16,21)/t11-,14+/m1/s1. The van der Waals surface area contributed by atoms with Crippen molar-refractivity contribution in [1.82, 2.24) is 20.3 Å². The van der Waals surface area contributed by atoms with E-state index in [4.69, 9.17) is 0 Å². The number of hydrogen-bond acceptors (Lipinski definition) is 4. The van der Waals surface area contributed by atoms with E-state index in [-0.39, 0.29) is 17.9 Å². The summed E-state index contributed by atoms with van der Waals surface area (Å²) in [5, 5.41) is 20.4. The lowest BCUT2D eigenvalue weighted by molar-refractivity contribution is 0.0916. The normalized spacial score (nSPS) is 21.4. The monoisotopic (exact) mass is 286 g/mol. The Morgan fingerprint density at radius 2 is 2.24 bits per heavy atom. The Morgan fingerprint density at radius 3 is 2.95 bits per heavy atom. The van der Waals surface area contributed by atoms with Gasteiger partial charge in [-0.3, -0.25) is 4.79 Å². The van der Waals surface area contributed by atoms with Crippen LogP contribution in [0.15, 0.2) is 36.7 Å². The molecule has 0 bridgehead atoms. The number of aliphatic hydroxyl groups excluding tert-OH is 1. The second kappa shape index (κ2) is 6.05. The van der Waals surface area contributed by atoms with E-state index < -0.39 is 0 Å². The molecule has 2 atom stereocenters. The highest BCUT2D eigenvalue weighted by molar-refractivity contribution is 5.97. The van der Waals surface area contributed by atoms with Crippen LogP contribution in [0, 0.1) is 5.92 Å². The Balaban J connectivity index is 1.73. The second-order valence-electron chi connectivity index (χ2n) is 5.33. The van der Waals surface area contributed by atoms with Crippen molar-refractivity contribution < 1.29 is 9.90 Å². The molecule has 0 unspecified atom stereocenters. The Kier molecular flexibility index (Phi) is 3.96. The zero-order valence-electron chi connectivity index (χ0n) is 11.6. The fourth-order valence-electron chi connectivity index (χ4n) is 2.78. The molecule has 6 nitrogen and oxygen atoms in total. The van der Waals surface area contributed by atoms with Crippen molar-refractivity contribution in [3.8, 4) is 5.69 Å². The lowest BCUT2D eigenvalue weighted by atomic mass is 10.1. The third kappa shape index (κ3) is 2.95. The van der Waals surface area contributed by atoms with Gasteiger partial charge in [0.05, 0.1) is 29.7 Å². The molecule has 21 heavy (non-hydrogen) atoms. The summed E-state index contributed by atoms with van der Waals surface area (Å²) in [4.78, 5) is 12.4. The summed E-state index contributed by atoms with van der Waals surface area (Å²) in [5.41, 5.74) is 1.25. The van der Waals surface area contributed by atoms with Gasteiger partial charge in [0.1, 0.15) is 0 Å². The fourth-order valence-corrected chi connectivity index (χ4v) is 2.78. The minimum atomic E-state index is -0.296. The Bertz CT molecular complexity index is 612. The van der Waals surface area contributed by atoms with Gasteiger partial charge >= 0.3 is 0 Å². The number of carbonyl (C=O) groups is 1. The van der Waals surface area contributed by atoms with Crippen molar-refractivity contribution in [3.63, 3.8) is 0 Å². The first-order valence-electron chi connectivity index (χ1n) is 7.17. The molecule has 110 valence electrons. The van der Waals surface area contributed by atoms with Gasteiger partial charge in [-0.1, -0.05) is 23.8 Å². The number of amides is 1. The van der Waals surface area contributed by atoms with Crippen LogP contribution in [0.2, 0.25) is 0 Å². The molecule has 1 heterocycles. The highest BCUT2D eigenvalue weighted by Gasteiger charge is 2.25. The summed E-state index contributed by atoms with van der Waals surface area (Å²) < 4.78 is 1.57. The molecule has 1 aromatic heterocycles. The molecule has 2 N–H and O–H groups in total. The van der Waals surface area contributed by atoms with Crippen LogP contribution < -0.4 is 5.32 Å². The van der Waals surface area contributed by atoms with Gasteiger partial charge in [-0.2, -0.15) is 0 Å². The van der Waals surface area contributed by atoms with Gasteiger partial charge in [-0.25, -0.2) is 4.68 Å². The maximum atomic E-state index is 12.4. The smallest absolute Gasteiger partial charge is 0.253 e. The summed E-state index contributed by atoms with van der Waals surface area (Å²) >= 11 is 0. The predicted molar refractivity (Wildman–Crippen MR) is 77.0 cm³/mol. The van der Waals surface area contributed by atoms with Gasteiger partial charge in [0.2, 0.25) is 0 Å². The van der Waals surface area contributed by atoms with Crippen LogP contribution >= 0.6 is 0 Å². The lowest BCUT2D eigenvalue weighted by Gasteiger charge is -2.16. The molecule has 2 aromatic rings. The van der Waals surface area contributed by atoms with Crippen LogP contribution in [0.1, 0.15) is 29.6 Å². The van der Waals surface area contributed by atoms with Crippen LogP contribution in [0.3, 0.4) is 0 Å². The van der Waals surface area contributed by atoms with Crippen molar-refractivity contribution >= 4 is 5.91 Å². The number of aliphatic hydroxyl groups is 1. The third-order valence-corrected chi connectivity index (χ3v) is 3.96. The summed E-state index contributed by atoms with van der Waals surface area (Å²) in [6, 6.07) is 7.26. The van der Waals surface area contributed by atoms with E-state index in [2.05, 4.69) is 15.6 Å². The molecule has 1 fully saturated rings. The number of rotatable bonds is 4. The Hall–Kier alpha value is -2.21. The SMILES string of the molecule is O=C(NC[C@H]1CCC[C@@H]1O)c1ccccc1-n1ccnn1. The Labute approximate surface area is 122 Å². The number of nitrogens with one attached hydrogen (secondary N) is 1. The van der Waals surface area contributed by atoms with Crippen molar-refractivity contribution in [3.05, 3.63) is 42.2 Å². The van der Waals surface area contributed by atoms with Crippen molar-refractivity contribution in [2.45, 2.75) is 25.4 Å². The van der Waals surface area contributed by atoms with Crippen molar-refractivity contribution in [1.29, 1.82) is 0 Å². The first-order valence-corrected chi connectivity index (χ1v) is 7.17. The molecule has 1 aromatic carbocycles. The molecule has 1 aliphatic rings. The van der Waals surface area contributed by atoms with E-state index in [0.29, 0.717) is 17.8 Å². The van der Waals surface area contributed by atoms with E-state index in [1.807, 2.05) is 18.2 Å². The average molecular weight is 286 g/mol. The molecule has 3 rings (SSSR count). The van der Waals surface area contributed by atoms with Crippen LogP contribution in [-0.2, 0) is 0 Å². The molecular weight excluding hydrogens is 268 g/mol. The van der Waals surface area contributed by atoms with Crippen molar-refractivity contribution in [2.24, 2.45) is 5.92 Å².